The van der Waals surface area contributed by atoms with Crippen LogP contribution in [0.25, 0.3) is 0 Å². The first-order valence-corrected chi connectivity index (χ1v) is 10.5. The normalized spacial score (nSPS) is 17.1. The molecule has 1 aliphatic rings. The number of amides is 2. The standard InChI is InChI=1S/C20H42N4O2/c1-7-22(8-2)9-10-24(16-17(3)4)20(25)21-15-19(18(5)6)23-11-13-26-14-12-23/h17-19H,7-16H2,1-6H3,(H,21,25). The minimum Gasteiger partial charge on any atom is -0.379 e. The summed E-state index contributed by atoms with van der Waals surface area (Å²) >= 11 is 0. The number of urea groups is 1. The van der Waals surface area contributed by atoms with Crippen molar-refractivity contribution in [3.05, 3.63) is 0 Å². The Hall–Kier alpha value is -0.850. The first kappa shape index (κ1) is 23.2. The third-order valence-electron chi connectivity index (χ3n) is 5.20. The zero-order valence-corrected chi connectivity index (χ0v) is 18.0. The average Bonchev–Trinajstić information content (AvgIpc) is 2.61. The Morgan fingerprint density at radius 2 is 1.69 bits per heavy atom. The van der Waals surface area contributed by atoms with Crippen molar-refractivity contribution in [1.82, 2.24) is 20.0 Å². The molecular formula is C20H42N4O2. The molecule has 0 aromatic heterocycles. The van der Waals surface area contributed by atoms with E-state index in [1.807, 2.05) is 4.90 Å². The van der Waals surface area contributed by atoms with Gasteiger partial charge in [-0.2, -0.15) is 0 Å². The van der Waals surface area contributed by atoms with E-state index in [1.165, 1.54) is 0 Å². The second-order valence-corrected chi connectivity index (χ2v) is 8.01. The molecule has 1 atom stereocenters. The second-order valence-electron chi connectivity index (χ2n) is 8.01. The first-order valence-electron chi connectivity index (χ1n) is 10.5. The number of likely N-dealkylation sites (N-methyl/N-ethyl adjacent to an activating group) is 1. The molecule has 0 aromatic carbocycles. The molecule has 1 unspecified atom stereocenters. The van der Waals surface area contributed by atoms with Crippen LogP contribution in [-0.2, 0) is 4.74 Å². The maximum Gasteiger partial charge on any atom is 0.317 e. The van der Waals surface area contributed by atoms with Gasteiger partial charge in [-0.1, -0.05) is 41.5 Å². The van der Waals surface area contributed by atoms with Crippen LogP contribution < -0.4 is 5.32 Å². The molecule has 1 fully saturated rings. The molecule has 1 N–H and O–H groups in total. The molecule has 1 rings (SSSR count). The van der Waals surface area contributed by atoms with Crippen LogP contribution in [0.5, 0.6) is 0 Å². The summed E-state index contributed by atoms with van der Waals surface area (Å²) < 4.78 is 5.47. The Morgan fingerprint density at radius 1 is 1.08 bits per heavy atom. The van der Waals surface area contributed by atoms with E-state index in [9.17, 15) is 4.79 Å². The van der Waals surface area contributed by atoms with Crippen LogP contribution in [0.15, 0.2) is 0 Å². The zero-order valence-electron chi connectivity index (χ0n) is 18.0. The van der Waals surface area contributed by atoms with Gasteiger partial charge in [0.05, 0.1) is 13.2 Å². The predicted octanol–water partition coefficient (Wildman–Crippen LogP) is 2.35. The van der Waals surface area contributed by atoms with Crippen LogP contribution in [0.4, 0.5) is 4.79 Å². The van der Waals surface area contributed by atoms with Crippen LogP contribution in [0.3, 0.4) is 0 Å². The Balaban J connectivity index is 2.59. The highest BCUT2D eigenvalue weighted by Crippen LogP contribution is 2.12. The molecule has 6 heteroatoms. The molecule has 0 radical (unpaired) electrons. The molecule has 0 aliphatic carbocycles. The maximum atomic E-state index is 12.8. The summed E-state index contributed by atoms with van der Waals surface area (Å²) in [4.78, 5) is 19.6. The van der Waals surface area contributed by atoms with Crippen molar-refractivity contribution in [3.63, 3.8) is 0 Å². The molecule has 0 aromatic rings. The smallest absolute Gasteiger partial charge is 0.317 e. The zero-order chi connectivity index (χ0) is 19.5. The SMILES string of the molecule is CCN(CC)CCN(CC(C)C)C(=O)NCC(C(C)C)N1CCOCC1. The van der Waals surface area contributed by atoms with Gasteiger partial charge in [0.1, 0.15) is 0 Å². The molecule has 26 heavy (non-hydrogen) atoms. The molecule has 2 amide bonds. The van der Waals surface area contributed by atoms with Crippen LogP contribution in [-0.4, -0.2) is 92.3 Å². The van der Waals surface area contributed by atoms with E-state index in [4.69, 9.17) is 4.74 Å². The Morgan fingerprint density at radius 3 is 2.19 bits per heavy atom. The molecule has 1 saturated heterocycles. The van der Waals surface area contributed by atoms with Crippen molar-refractivity contribution in [2.24, 2.45) is 11.8 Å². The number of rotatable bonds is 11. The number of carbonyl (C=O) groups is 1. The third kappa shape index (κ3) is 8.23. The molecular weight excluding hydrogens is 328 g/mol. The van der Waals surface area contributed by atoms with Crippen LogP contribution in [0.2, 0.25) is 0 Å². The number of morpholine rings is 1. The van der Waals surface area contributed by atoms with Gasteiger partial charge in [0, 0.05) is 45.3 Å². The minimum absolute atomic E-state index is 0.0739. The van der Waals surface area contributed by atoms with E-state index in [0.717, 1.165) is 59.0 Å². The van der Waals surface area contributed by atoms with Gasteiger partial charge in [0.15, 0.2) is 0 Å². The quantitative estimate of drug-likeness (QED) is 0.606. The van der Waals surface area contributed by atoms with Crippen molar-refractivity contribution in [3.8, 4) is 0 Å². The molecule has 6 nitrogen and oxygen atoms in total. The highest BCUT2D eigenvalue weighted by atomic mass is 16.5. The summed E-state index contributed by atoms with van der Waals surface area (Å²) in [6.45, 7) is 21.9. The Kier molecular flexibility index (Phi) is 11.2. The lowest BCUT2D eigenvalue weighted by Crippen LogP contribution is -2.53. The van der Waals surface area contributed by atoms with Crippen molar-refractivity contribution in [1.29, 1.82) is 0 Å². The van der Waals surface area contributed by atoms with Gasteiger partial charge in [-0.15, -0.1) is 0 Å². The van der Waals surface area contributed by atoms with E-state index in [-0.39, 0.29) is 6.03 Å². The monoisotopic (exact) mass is 370 g/mol. The Bertz CT molecular complexity index is 380. The summed E-state index contributed by atoms with van der Waals surface area (Å²) in [5.74, 6) is 0.972. The van der Waals surface area contributed by atoms with E-state index in [1.54, 1.807) is 0 Å². The molecule has 1 aliphatic heterocycles. The van der Waals surface area contributed by atoms with Gasteiger partial charge in [-0.3, -0.25) is 4.90 Å². The number of ether oxygens (including phenoxy) is 1. The Labute approximate surface area is 161 Å². The lowest BCUT2D eigenvalue weighted by molar-refractivity contribution is 0.00690. The molecule has 0 saturated carbocycles. The summed E-state index contributed by atoms with van der Waals surface area (Å²) in [5.41, 5.74) is 0. The van der Waals surface area contributed by atoms with E-state index < -0.39 is 0 Å². The highest BCUT2D eigenvalue weighted by molar-refractivity contribution is 5.74. The largest absolute Gasteiger partial charge is 0.379 e. The number of hydrogen-bond donors (Lipinski definition) is 1. The van der Waals surface area contributed by atoms with Crippen LogP contribution in [0, 0.1) is 11.8 Å². The second kappa shape index (κ2) is 12.5. The fourth-order valence-electron chi connectivity index (χ4n) is 3.52. The summed E-state index contributed by atoms with van der Waals surface area (Å²) in [6.07, 6.45) is 0. The van der Waals surface area contributed by atoms with E-state index in [0.29, 0.717) is 24.4 Å². The molecule has 154 valence electrons. The molecule has 0 bridgehead atoms. The van der Waals surface area contributed by atoms with Crippen LogP contribution >= 0.6 is 0 Å². The lowest BCUT2D eigenvalue weighted by atomic mass is 10.0. The minimum atomic E-state index is 0.0739. The van der Waals surface area contributed by atoms with Gasteiger partial charge in [-0.05, 0) is 24.9 Å². The van der Waals surface area contributed by atoms with Gasteiger partial charge in [0.2, 0.25) is 0 Å². The van der Waals surface area contributed by atoms with Crippen molar-refractivity contribution in [2.75, 3.05) is 65.6 Å². The van der Waals surface area contributed by atoms with Crippen molar-refractivity contribution >= 4 is 6.03 Å². The average molecular weight is 371 g/mol. The highest BCUT2D eigenvalue weighted by Gasteiger charge is 2.25. The fraction of sp³-hybridized carbons (Fsp3) is 0.950. The number of hydrogen-bond acceptors (Lipinski definition) is 4. The van der Waals surface area contributed by atoms with Crippen molar-refractivity contribution in [2.45, 2.75) is 47.6 Å². The lowest BCUT2D eigenvalue weighted by Gasteiger charge is -2.37. The van der Waals surface area contributed by atoms with Crippen LogP contribution in [0.1, 0.15) is 41.5 Å². The maximum absolute atomic E-state index is 12.8. The van der Waals surface area contributed by atoms with Gasteiger partial charge < -0.3 is 19.9 Å². The fourth-order valence-corrected chi connectivity index (χ4v) is 3.52. The summed E-state index contributed by atoms with van der Waals surface area (Å²) in [7, 11) is 0. The molecule has 0 spiro atoms. The first-order chi connectivity index (χ1) is 12.4. The summed E-state index contributed by atoms with van der Waals surface area (Å²) in [6, 6.07) is 0.441. The number of nitrogens with one attached hydrogen (secondary N) is 1. The summed E-state index contributed by atoms with van der Waals surface area (Å²) in [5, 5.41) is 3.21. The molecule has 1 heterocycles. The van der Waals surface area contributed by atoms with Gasteiger partial charge in [-0.25, -0.2) is 4.79 Å². The number of nitrogens with zero attached hydrogens (tertiary/aromatic N) is 3. The predicted molar refractivity (Wildman–Crippen MR) is 109 cm³/mol. The third-order valence-corrected chi connectivity index (χ3v) is 5.20. The van der Waals surface area contributed by atoms with E-state index >= 15 is 0 Å². The number of carbonyl (C=O) groups excluding carboxylic acids is 1. The van der Waals surface area contributed by atoms with Gasteiger partial charge in [0.25, 0.3) is 0 Å². The van der Waals surface area contributed by atoms with Gasteiger partial charge >= 0.3 is 6.03 Å². The van der Waals surface area contributed by atoms with Crippen molar-refractivity contribution < 1.29 is 9.53 Å². The topological polar surface area (TPSA) is 48.0 Å². The van der Waals surface area contributed by atoms with E-state index in [2.05, 4.69) is 56.7 Å².